The molecule has 0 aromatic carbocycles. The van der Waals surface area contributed by atoms with Crippen molar-refractivity contribution in [1.29, 1.82) is 0 Å². The summed E-state index contributed by atoms with van der Waals surface area (Å²) in [5.74, 6) is 0.473. The third-order valence-corrected chi connectivity index (χ3v) is 8.01. The van der Waals surface area contributed by atoms with Crippen LogP contribution in [0.1, 0.15) is 94.4 Å². The molecule has 3 rings (SSSR count). The van der Waals surface area contributed by atoms with Crippen molar-refractivity contribution in [3.8, 4) is 0 Å². The lowest BCUT2D eigenvalue weighted by Gasteiger charge is -2.42. The zero-order chi connectivity index (χ0) is 19.6. The molecule has 0 N–H and O–H groups in total. The zero-order valence-electron chi connectivity index (χ0n) is 18.4. The van der Waals surface area contributed by atoms with Crippen molar-refractivity contribution < 1.29 is 18.6 Å². The summed E-state index contributed by atoms with van der Waals surface area (Å²) in [5.41, 5.74) is -1.40. The third kappa shape index (κ3) is 3.09. The van der Waals surface area contributed by atoms with Crippen molar-refractivity contribution in [3.05, 3.63) is 0 Å². The van der Waals surface area contributed by atoms with E-state index in [-0.39, 0.29) is 41.9 Å². The van der Waals surface area contributed by atoms with E-state index >= 15 is 0 Å². The Morgan fingerprint density at radius 3 is 1.23 bits per heavy atom. The average molecular weight is 364 g/mol. The Balaban J connectivity index is 1.96. The van der Waals surface area contributed by atoms with Gasteiger partial charge in [-0.05, 0) is 61.3 Å². The summed E-state index contributed by atoms with van der Waals surface area (Å²) in [6.07, 6.45) is 6.22. The van der Waals surface area contributed by atoms with Crippen LogP contribution in [0.15, 0.2) is 0 Å². The van der Waals surface area contributed by atoms with Gasteiger partial charge in [-0.15, -0.1) is 0 Å². The van der Waals surface area contributed by atoms with Crippen molar-refractivity contribution in [1.82, 2.24) is 0 Å². The van der Waals surface area contributed by atoms with Gasteiger partial charge in [0, 0.05) is 5.21 Å². The summed E-state index contributed by atoms with van der Waals surface area (Å²) in [4.78, 5) is 0. The zero-order valence-corrected chi connectivity index (χ0v) is 18.4. The first-order valence-corrected chi connectivity index (χ1v) is 10.4. The maximum absolute atomic E-state index is 6.55. The van der Waals surface area contributed by atoms with Crippen LogP contribution in [0.5, 0.6) is 0 Å². The molecular formula is C20H38B2O4. The molecular weight excluding hydrogens is 326 g/mol. The quantitative estimate of drug-likeness (QED) is 0.657. The van der Waals surface area contributed by atoms with Crippen LogP contribution in [-0.4, -0.2) is 36.6 Å². The molecule has 4 nitrogen and oxygen atoms in total. The van der Waals surface area contributed by atoms with Gasteiger partial charge >= 0.3 is 14.2 Å². The van der Waals surface area contributed by atoms with Gasteiger partial charge in [0.2, 0.25) is 0 Å². The minimum Gasteiger partial charge on any atom is -0.403 e. The highest BCUT2D eigenvalue weighted by Crippen LogP contribution is 2.57. The lowest BCUT2D eigenvalue weighted by Crippen LogP contribution is -2.51. The smallest absolute Gasteiger partial charge is 0.403 e. The Bertz CT molecular complexity index is 470. The summed E-state index contributed by atoms with van der Waals surface area (Å²) in [6, 6.07) is 0. The molecule has 0 aromatic heterocycles. The second-order valence-electron chi connectivity index (χ2n) is 10.9. The second kappa shape index (κ2) is 6.23. The fourth-order valence-electron chi connectivity index (χ4n) is 4.41. The van der Waals surface area contributed by atoms with E-state index in [0.717, 1.165) is 0 Å². The van der Waals surface area contributed by atoms with Gasteiger partial charge in [-0.3, -0.25) is 0 Å². The number of hydrogen-bond donors (Lipinski definition) is 0. The first-order valence-electron chi connectivity index (χ1n) is 10.4. The van der Waals surface area contributed by atoms with Gasteiger partial charge < -0.3 is 18.6 Å². The highest BCUT2D eigenvalue weighted by molar-refractivity contribution is 6.71. The fraction of sp³-hybridized carbons (Fsp3) is 1.00. The van der Waals surface area contributed by atoms with E-state index in [1.54, 1.807) is 0 Å². The molecule has 1 aliphatic carbocycles. The molecule has 0 bridgehead atoms. The van der Waals surface area contributed by atoms with Crippen molar-refractivity contribution >= 4 is 14.2 Å². The second-order valence-corrected chi connectivity index (χ2v) is 10.9. The maximum atomic E-state index is 6.55. The standard InChI is InChI=1S/C20H38B2O4/c1-16(2)17(3,4)24-21(23-16)20(9,15-13-11-10-12-14-15)22-25-18(5,6)19(7,8)26-22/h15H,10-14H2,1-9H3. The van der Waals surface area contributed by atoms with Crippen molar-refractivity contribution in [2.45, 2.75) is 122 Å². The maximum Gasteiger partial charge on any atom is 0.462 e. The van der Waals surface area contributed by atoms with E-state index in [9.17, 15) is 0 Å². The molecule has 0 spiro atoms. The molecule has 3 aliphatic rings. The van der Waals surface area contributed by atoms with Crippen LogP contribution >= 0.6 is 0 Å². The minimum absolute atomic E-state index is 0.328. The van der Waals surface area contributed by atoms with E-state index in [2.05, 4.69) is 62.3 Å². The largest absolute Gasteiger partial charge is 0.462 e. The predicted molar refractivity (Wildman–Crippen MR) is 107 cm³/mol. The topological polar surface area (TPSA) is 36.9 Å². The van der Waals surface area contributed by atoms with Crippen LogP contribution in [-0.2, 0) is 18.6 Å². The summed E-state index contributed by atoms with van der Waals surface area (Å²) in [6.45, 7) is 19.3. The van der Waals surface area contributed by atoms with Crippen LogP contribution in [0.4, 0.5) is 0 Å². The summed E-state index contributed by atoms with van der Waals surface area (Å²) >= 11 is 0. The molecule has 148 valence electrons. The average Bonchev–Trinajstić information content (AvgIpc) is 2.87. The molecule has 3 fully saturated rings. The molecule has 2 heterocycles. The van der Waals surface area contributed by atoms with Crippen LogP contribution in [0.2, 0.25) is 5.21 Å². The molecule has 0 atom stereocenters. The van der Waals surface area contributed by atoms with Gasteiger partial charge in [0.1, 0.15) is 0 Å². The van der Waals surface area contributed by atoms with Gasteiger partial charge in [-0.25, -0.2) is 0 Å². The lowest BCUT2D eigenvalue weighted by atomic mass is 9.34. The Morgan fingerprint density at radius 1 is 0.615 bits per heavy atom. The first kappa shape index (κ1) is 20.7. The highest BCUT2D eigenvalue weighted by Gasteiger charge is 2.69. The van der Waals surface area contributed by atoms with Gasteiger partial charge in [0.25, 0.3) is 0 Å². The van der Waals surface area contributed by atoms with Crippen molar-refractivity contribution in [3.63, 3.8) is 0 Å². The molecule has 1 saturated carbocycles. The molecule has 2 saturated heterocycles. The minimum atomic E-state index is -0.350. The van der Waals surface area contributed by atoms with Crippen molar-refractivity contribution in [2.75, 3.05) is 0 Å². The normalized spacial score (nSPS) is 30.8. The predicted octanol–water partition coefficient (Wildman–Crippen LogP) is 5.05. The lowest BCUT2D eigenvalue weighted by molar-refractivity contribution is 0.00578. The number of rotatable bonds is 3. The molecule has 6 heteroatoms. The first-order chi connectivity index (χ1) is 11.7. The Hall–Kier alpha value is -0.0301. The van der Waals surface area contributed by atoms with Crippen LogP contribution < -0.4 is 0 Å². The van der Waals surface area contributed by atoms with Crippen LogP contribution in [0, 0.1) is 5.92 Å². The van der Waals surface area contributed by atoms with E-state index in [0.29, 0.717) is 5.92 Å². The van der Waals surface area contributed by atoms with E-state index in [1.165, 1.54) is 32.1 Å². The molecule has 0 aromatic rings. The molecule has 2 aliphatic heterocycles. The SMILES string of the molecule is CC(B1OC(C)(C)C(C)(C)O1)(B1OC(C)(C)C(C)(C)O1)C1CCCCC1. The van der Waals surface area contributed by atoms with E-state index in [1.807, 2.05) is 0 Å². The van der Waals surface area contributed by atoms with Gasteiger partial charge in [0.15, 0.2) is 0 Å². The summed E-state index contributed by atoms with van der Waals surface area (Å²) < 4.78 is 26.2. The Morgan fingerprint density at radius 2 is 0.923 bits per heavy atom. The summed E-state index contributed by atoms with van der Waals surface area (Å²) in [7, 11) is -0.657. The highest BCUT2D eigenvalue weighted by atomic mass is 16.7. The monoisotopic (exact) mass is 364 g/mol. The molecule has 0 radical (unpaired) electrons. The Kier molecular flexibility index (Phi) is 4.96. The summed E-state index contributed by atoms with van der Waals surface area (Å²) in [5, 5.41) is -0.337. The molecule has 0 unspecified atom stereocenters. The fourth-order valence-corrected chi connectivity index (χ4v) is 4.41. The van der Waals surface area contributed by atoms with Gasteiger partial charge in [0.05, 0.1) is 22.4 Å². The van der Waals surface area contributed by atoms with E-state index in [4.69, 9.17) is 18.6 Å². The molecule has 26 heavy (non-hydrogen) atoms. The van der Waals surface area contributed by atoms with Crippen LogP contribution in [0.3, 0.4) is 0 Å². The molecule has 0 amide bonds. The van der Waals surface area contributed by atoms with Crippen molar-refractivity contribution in [2.24, 2.45) is 5.92 Å². The van der Waals surface area contributed by atoms with Gasteiger partial charge in [-0.1, -0.05) is 39.0 Å². The number of hydrogen-bond acceptors (Lipinski definition) is 4. The van der Waals surface area contributed by atoms with Crippen LogP contribution in [0.25, 0.3) is 0 Å². The van der Waals surface area contributed by atoms with Gasteiger partial charge in [-0.2, -0.15) is 0 Å². The van der Waals surface area contributed by atoms with E-state index < -0.39 is 0 Å². The Labute approximate surface area is 161 Å². The third-order valence-electron chi connectivity index (χ3n) is 8.01.